The first-order chi connectivity index (χ1) is 12.1. The Bertz CT molecular complexity index is 754. The highest BCUT2D eigenvalue weighted by atomic mass is 32.2. The van der Waals surface area contributed by atoms with Crippen molar-refractivity contribution in [3.8, 4) is 0 Å². The maximum absolute atomic E-state index is 12.5. The monoisotopic (exact) mass is 381 g/mol. The quantitative estimate of drug-likeness (QED) is 0.794. The highest BCUT2D eigenvalue weighted by Crippen LogP contribution is 2.28. The van der Waals surface area contributed by atoms with E-state index >= 15 is 0 Å². The van der Waals surface area contributed by atoms with Gasteiger partial charge in [0.2, 0.25) is 15.9 Å². The first-order valence-electron chi connectivity index (χ1n) is 9.17. The number of nitrogens with zero attached hydrogens (tertiary/aromatic N) is 1. The molecule has 1 heterocycles. The van der Waals surface area contributed by atoms with Gasteiger partial charge in [-0.15, -0.1) is 0 Å². The number of carbonyl (C=O) groups excluding carboxylic acids is 1. The molecule has 26 heavy (non-hydrogen) atoms. The topological polar surface area (TPSA) is 78.5 Å². The summed E-state index contributed by atoms with van der Waals surface area (Å²) in [4.78, 5) is 12.7. The maximum Gasteiger partial charge on any atom is 0.242 e. The van der Waals surface area contributed by atoms with E-state index in [2.05, 4.69) is 17.6 Å². The Balaban J connectivity index is 2.15. The van der Waals surface area contributed by atoms with Gasteiger partial charge in [0.15, 0.2) is 0 Å². The van der Waals surface area contributed by atoms with Gasteiger partial charge in [0.05, 0.1) is 4.90 Å². The van der Waals surface area contributed by atoms with Crippen LogP contribution < -0.4 is 10.6 Å². The smallest absolute Gasteiger partial charge is 0.242 e. The number of carbonyl (C=O) groups is 1. The normalized spacial score (nSPS) is 17.3. The number of benzene rings is 1. The number of anilines is 1. The van der Waals surface area contributed by atoms with E-state index in [9.17, 15) is 13.2 Å². The molecule has 1 atom stereocenters. The Kier molecular flexibility index (Phi) is 6.82. The van der Waals surface area contributed by atoms with Gasteiger partial charge in [-0.25, -0.2) is 12.7 Å². The van der Waals surface area contributed by atoms with Crippen LogP contribution in [0.25, 0.3) is 0 Å². The Morgan fingerprint density at radius 1 is 1.27 bits per heavy atom. The molecule has 1 amide bonds. The molecule has 2 rings (SSSR count). The first-order valence-corrected chi connectivity index (χ1v) is 10.6. The van der Waals surface area contributed by atoms with Gasteiger partial charge < -0.3 is 10.6 Å². The third kappa shape index (κ3) is 4.84. The SMILES string of the molecule is Cc1cc(S(=O)(=O)N(C)C)cc(NC(=O)CC(C)C2CCNCC2)c1C. The lowest BCUT2D eigenvalue weighted by molar-refractivity contribution is -0.117. The summed E-state index contributed by atoms with van der Waals surface area (Å²) < 4.78 is 26.0. The highest BCUT2D eigenvalue weighted by molar-refractivity contribution is 7.89. The molecule has 1 aromatic carbocycles. The molecule has 7 heteroatoms. The number of rotatable bonds is 6. The van der Waals surface area contributed by atoms with Crippen LogP contribution in [0.5, 0.6) is 0 Å². The fourth-order valence-electron chi connectivity index (χ4n) is 3.39. The second-order valence-corrected chi connectivity index (χ2v) is 9.67. The maximum atomic E-state index is 12.5. The van der Waals surface area contributed by atoms with Crippen LogP contribution in [0.1, 0.15) is 37.3 Å². The van der Waals surface area contributed by atoms with E-state index in [1.54, 1.807) is 12.1 Å². The third-order valence-corrected chi connectivity index (χ3v) is 7.18. The predicted octanol–water partition coefficient (Wildman–Crippen LogP) is 2.52. The van der Waals surface area contributed by atoms with Crippen molar-refractivity contribution in [2.24, 2.45) is 11.8 Å². The molecule has 2 N–H and O–H groups in total. The molecule has 1 fully saturated rings. The molecule has 1 aliphatic heterocycles. The van der Waals surface area contributed by atoms with E-state index in [1.165, 1.54) is 18.4 Å². The minimum absolute atomic E-state index is 0.0575. The van der Waals surface area contributed by atoms with Gasteiger partial charge >= 0.3 is 0 Å². The number of piperidine rings is 1. The van der Waals surface area contributed by atoms with Crippen LogP contribution in [0.2, 0.25) is 0 Å². The number of amides is 1. The van der Waals surface area contributed by atoms with E-state index in [1.807, 2.05) is 13.8 Å². The largest absolute Gasteiger partial charge is 0.326 e. The summed E-state index contributed by atoms with van der Waals surface area (Å²) in [6, 6.07) is 3.21. The molecule has 0 aliphatic carbocycles. The Morgan fingerprint density at radius 3 is 2.46 bits per heavy atom. The third-order valence-electron chi connectivity index (χ3n) is 5.39. The van der Waals surface area contributed by atoms with Crippen molar-refractivity contribution in [2.75, 3.05) is 32.5 Å². The second-order valence-electron chi connectivity index (χ2n) is 7.52. The van der Waals surface area contributed by atoms with Crippen LogP contribution in [0.15, 0.2) is 17.0 Å². The van der Waals surface area contributed by atoms with Gasteiger partial charge in [0.25, 0.3) is 0 Å². The summed E-state index contributed by atoms with van der Waals surface area (Å²) in [6.45, 7) is 7.91. The average Bonchev–Trinajstić information content (AvgIpc) is 2.59. The molecule has 1 unspecified atom stereocenters. The van der Waals surface area contributed by atoms with Crippen LogP contribution in [-0.4, -0.2) is 45.8 Å². The van der Waals surface area contributed by atoms with Gasteiger partial charge in [-0.05, 0) is 74.9 Å². The Morgan fingerprint density at radius 2 is 1.88 bits per heavy atom. The number of sulfonamides is 1. The van der Waals surface area contributed by atoms with Crippen molar-refractivity contribution < 1.29 is 13.2 Å². The van der Waals surface area contributed by atoms with Crippen LogP contribution in [-0.2, 0) is 14.8 Å². The molecule has 1 aliphatic rings. The molecule has 0 spiro atoms. The lowest BCUT2D eigenvalue weighted by Crippen LogP contribution is -2.32. The molecule has 1 saturated heterocycles. The summed E-state index contributed by atoms with van der Waals surface area (Å²) in [7, 11) is -0.533. The van der Waals surface area contributed by atoms with Crippen LogP contribution in [0.4, 0.5) is 5.69 Å². The molecular formula is C19H31N3O3S. The second kappa shape index (κ2) is 8.50. The summed E-state index contributed by atoms with van der Waals surface area (Å²) in [5.41, 5.74) is 2.31. The molecular weight excluding hydrogens is 350 g/mol. The van der Waals surface area contributed by atoms with E-state index in [4.69, 9.17) is 0 Å². The van der Waals surface area contributed by atoms with Gasteiger partial charge in [0, 0.05) is 26.2 Å². The van der Waals surface area contributed by atoms with E-state index in [0.29, 0.717) is 23.9 Å². The Labute approximate surface area is 157 Å². The number of hydrogen-bond acceptors (Lipinski definition) is 4. The van der Waals surface area contributed by atoms with Crippen LogP contribution >= 0.6 is 0 Å². The van der Waals surface area contributed by atoms with Crippen molar-refractivity contribution in [3.05, 3.63) is 23.3 Å². The molecule has 0 bridgehead atoms. The fourth-order valence-corrected chi connectivity index (χ4v) is 4.40. The van der Waals surface area contributed by atoms with Crippen molar-refractivity contribution in [1.82, 2.24) is 9.62 Å². The zero-order valence-electron chi connectivity index (χ0n) is 16.4. The minimum atomic E-state index is -3.54. The number of aryl methyl sites for hydroxylation is 1. The van der Waals surface area contributed by atoms with Crippen molar-refractivity contribution in [2.45, 2.75) is 44.9 Å². The number of hydrogen-bond donors (Lipinski definition) is 2. The molecule has 146 valence electrons. The van der Waals surface area contributed by atoms with E-state index in [0.717, 1.165) is 37.1 Å². The molecule has 6 nitrogen and oxygen atoms in total. The van der Waals surface area contributed by atoms with Crippen LogP contribution in [0, 0.1) is 25.7 Å². The lowest BCUT2D eigenvalue weighted by Gasteiger charge is -2.28. The summed E-state index contributed by atoms with van der Waals surface area (Å²) in [6.07, 6.45) is 2.65. The summed E-state index contributed by atoms with van der Waals surface area (Å²) >= 11 is 0. The first kappa shape index (κ1) is 20.9. The zero-order chi connectivity index (χ0) is 19.5. The van der Waals surface area contributed by atoms with Crippen molar-refractivity contribution in [1.29, 1.82) is 0 Å². The highest BCUT2D eigenvalue weighted by Gasteiger charge is 2.23. The minimum Gasteiger partial charge on any atom is -0.326 e. The van der Waals surface area contributed by atoms with Crippen molar-refractivity contribution >= 4 is 21.6 Å². The average molecular weight is 382 g/mol. The van der Waals surface area contributed by atoms with Crippen molar-refractivity contribution in [3.63, 3.8) is 0 Å². The lowest BCUT2D eigenvalue weighted by atomic mass is 9.84. The molecule has 0 radical (unpaired) electrons. The number of nitrogens with one attached hydrogen (secondary N) is 2. The van der Waals surface area contributed by atoms with Crippen LogP contribution in [0.3, 0.4) is 0 Å². The zero-order valence-corrected chi connectivity index (χ0v) is 17.2. The van der Waals surface area contributed by atoms with Gasteiger partial charge in [-0.2, -0.15) is 0 Å². The van der Waals surface area contributed by atoms with Gasteiger partial charge in [0.1, 0.15) is 0 Å². The van der Waals surface area contributed by atoms with Gasteiger partial charge in [-0.3, -0.25) is 4.79 Å². The standard InChI is InChI=1S/C19H31N3O3S/c1-13-10-17(26(24,25)22(4)5)12-18(15(13)3)21-19(23)11-14(2)16-6-8-20-9-7-16/h10,12,14,16,20H,6-9,11H2,1-5H3,(H,21,23). The van der Waals surface area contributed by atoms with E-state index in [-0.39, 0.29) is 10.8 Å². The summed E-state index contributed by atoms with van der Waals surface area (Å²) in [5, 5.41) is 6.28. The molecule has 0 aromatic heterocycles. The van der Waals surface area contributed by atoms with E-state index < -0.39 is 10.0 Å². The fraction of sp³-hybridized carbons (Fsp3) is 0.632. The predicted molar refractivity (Wildman–Crippen MR) is 105 cm³/mol. The molecule has 1 aromatic rings. The molecule has 0 saturated carbocycles. The Hall–Kier alpha value is -1.44. The van der Waals surface area contributed by atoms with Gasteiger partial charge in [-0.1, -0.05) is 6.92 Å². The summed E-state index contributed by atoms with van der Waals surface area (Å²) in [5.74, 6) is 0.815.